The van der Waals surface area contributed by atoms with E-state index in [0.717, 1.165) is 59.6 Å². The number of ether oxygens (including phenoxy) is 3. The summed E-state index contributed by atoms with van der Waals surface area (Å²) in [6.07, 6.45) is 2.42. The zero-order chi connectivity index (χ0) is 22.7. The van der Waals surface area contributed by atoms with Crippen molar-refractivity contribution in [2.75, 3.05) is 25.6 Å². The number of hydrogen-bond donors (Lipinski definition) is 1. The lowest BCUT2D eigenvalue weighted by Gasteiger charge is -2.25. The molecule has 2 aliphatic heterocycles. The van der Waals surface area contributed by atoms with Gasteiger partial charge in [0.05, 0.1) is 30.1 Å². The predicted molar refractivity (Wildman–Crippen MR) is 125 cm³/mol. The summed E-state index contributed by atoms with van der Waals surface area (Å²) in [5.74, 6) is 2.04. The molecule has 2 atom stereocenters. The number of nitrogens with zero attached hydrogens (tertiary/aromatic N) is 2. The van der Waals surface area contributed by atoms with Crippen LogP contribution in [0.5, 0.6) is 11.5 Å². The molecule has 1 saturated heterocycles. The molecule has 4 rings (SSSR count). The molecule has 0 unspecified atom stereocenters. The number of aryl methyl sites for hydroxylation is 1. The Morgan fingerprint density at radius 3 is 2.72 bits per heavy atom. The maximum absolute atomic E-state index is 12.9. The third kappa shape index (κ3) is 5.23. The molecule has 1 amide bonds. The molecule has 7 nitrogen and oxygen atoms in total. The average Bonchev–Trinajstić information content (AvgIpc) is 3.39. The summed E-state index contributed by atoms with van der Waals surface area (Å²) >= 11 is 1.48. The number of fused-ring (bicyclic) bond motifs is 1. The lowest BCUT2D eigenvalue weighted by molar-refractivity contribution is -0.119. The maximum Gasteiger partial charge on any atom is 0.230 e. The van der Waals surface area contributed by atoms with E-state index in [-0.39, 0.29) is 24.0 Å². The Bertz CT molecular complexity index is 953. The topological polar surface area (TPSA) is 74.6 Å². The number of hydrogen-bond acceptors (Lipinski definition) is 6. The lowest BCUT2D eigenvalue weighted by Crippen LogP contribution is -2.33. The molecule has 0 spiro atoms. The van der Waals surface area contributed by atoms with E-state index < -0.39 is 0 Å². The van der Waals surface area contributed by atoms with Gasteiger partial charge in [-0.2, -0.15) is 0 Å². The molecule has 1 aromatic heterocycles. The van der Waals surface area contributed by atoms with Crippen molar-refractivity contribution in [1.82, 2.24) is 14.9 Å². The minimum absolute atomic E-state index is 0.00874. The first-order valence-corrected chi connectivity index (χ1v) is 12.4. The predicted octanol–water partition coefficient (Wildman–Crippen LogP) is 4.06. The molecule has 2 aliphatic rings. The number of nitrogens with one attached hydrogen (secondary N) is 1. The van der Waals surface area contributed by atoms with E-state index in [1.54, 1.807) is 0 Å². The van der Waals surface area contributed by atoms with Gasteiger partial charge in [-0.05, 0) is 50.3 Å². The van der Waals surface area contributed by atoms with Crippen molar-refractivity contribution in [1.29, 1.82) is 0 Å². The average molecular weight is 460 g/mol. The van der Waals surface area contributed by atoms with E-state index in [0.29, 0.717) is 19.0 Å². The van der Waals surface area contributed by atoms with E-state index in [2.05, 4.69) is 30.7 Å². The summed E-state index contributed by atoms with van der Waals surface area (Å²) in [5, 5.41) is 4.09. The molecule has 1 N–H and O–H groups in total. The highest BCUT2D eigenvalue weighted by Gasteiger charge is 2.23. The molecule has 32 heavy (non-hydrogen) atoms. The second kappa shape index (κ2) is 10.2. The number of carbonyl (C=O) groups is 1. The first-order chi connectivity index (χ1) is 15.4. The van der Waals surface area contributed by atoms with E-state index in [1.807, 2.05) is 25.1 Å². The van der Waals surface area contributed by atoms with Crippen molar-refractivity contribution in [2.24, 2.45) is 5.92 Å². The highest BCUT2D eigenvalue weighted by Crippen LogP contribution is 2.34. The standard InChI is InChI=1S/C24H33N3O4S/c1-15(2)23(18-7-8-20-21(12-18)31-11-10-30-20)26-22(28)14-32-24-25-16(3)17(4)27(24)13-19-6-5-9-29-19/h7-8,12,15,19,23H,5-6,9-11,13-14H2,1-4H3,(H,26,28)/t19-,23-/m0/s1. The third-order valence-electron chi connectivity index (χ3n) is 6.07. The first kappa shape index (κ1) is 23.0. The number of carbonyl (C=O) groups excluding carboxylic acids is 1. The summed E-state index contributed by atoms with van der Waals surface area (Å²) in [5.41, 5.74) is 3.16. The van der Waals surface area contributed by atoms with Crippen molar-refractivity contribution in [3.05, 3.63) is 35.2 Å². The van der Waals surface area contributed by atoms with Crippen molar-refractivity contribution < 1.29 is 19.0 Å². The molecular weight excluding hydrogens is 426 g/mol. The number of benzene rings is 1. The van der Waals surface area contributed by atoms with E-state index in [1.165, 1.54) is 11.8 Å². The molecule has 1 fully saturated rings. The Kier molecular flexibility index (Phi) is 7.30. The molecule has 1 aromatic carbocycles. The third-order valence-corrected chi connectivity index (χ3v) is 7.05. The van der Waals surface area contributed by atoms with Crippen LogP contribution in [0.25, 0.3) is 0 Å². The van der Waals surface area contributed by atoms with Gasteiger partial charge in [-0.15, -0.1) is 0 Å². The molecule has 0 aliphatic carbocycles. The fourth-order valence-corrected chi connectivity index (χ4v) is 5.09. The van der Waals surface area contributed by atoms with Crippen LogP contribution in [-0.2, 0) is 16.1 Å². The number of aromatic nitrogens is 2. The highest BCUT2D eigenvalue weighted by molar-refractivity contribution is 7.99. The van der Waals surface area contributed by atoms with Crippen LogP contribution in [0.4, 0.5) is 0 Å². The normalized spacial score (nSPS) is 18.7. The Morgan fingerprint density at radius 1 is 1.22 bits per heavy atom. The van der Waals surface area contributed by atoms with Crippen molar-refractivity contribution in [3.8, 4) is 11.5 Å². The van der Waals surface area contributed by atoms with Gasteiger partial charge in [-0.3, -0.25) is 4.79 Å². The van der Waals surface area contributed by atoms with E-state index in [4.69, 9.17) is 19.2 Å². The minimum atomic E-state index is -0.103. The number of amides is 1. The van der Waals surface area contributed by atoms with Gasteiger partial charge in [0, 0.05) is 12.3 Å². The van der Waals surface area contributed by atoms with E-state index in [9.17, 15) is 4.79 Å². The quantitative estimate of drug-likeness (QED) is 0.600. The van der Waals surface area contributed by atoms with Crippen molar-refractivity contribution in [3.63, 3.8) is 0 Å². The molecule has 2 aromatic rings. The Balaban J connectivity index is 1.41. The van der Waals surface area contributed by atoms with Gasteiger partial charge in [0.25, 0.3) is 0 Å². The summed E-state index contributed by atoms with van der Waals surface area (Å²) in [4.78, 5) is 17.6. The molecule has 0 saturated carbocycles. The first-order valence-electron chi connectivity index (χ1n) is 11.4. The number of imidazole rings is 1. The van der Waals surface area contributed by atoms with Gasteiger partial charge in [0.2, 0.25) is 5.91 Å². The van der Waals surface area contributed by atoms with Crippen molar-refractivity contribution >= 4 is 17.7 Å². The van der Waals surface area contributed by atoms with Gasteiger partial charge in [-0.25, -0.2) is 4.98 Å². The van der Waals surface area contributed by atoms with Gasteiger partial charge >= 0.3 is 0 Å². The largest absolute Gasteiger partial charge is 0.486 e. The summed E-state index contributed by atoms with van der Waals surface area (Å²) in [6.45, 7) is 11.0. The lowest BCUT2D eigenvalue weighted by atomic mass is 9.95. The Morgan fingerprint density at radius 2 is 2.00 bits per heavy atom. The highest BCUT2D eigenvalue weighted by atomic mass is 32.2. The smallest absolute Gasteiger partial charge is 0.230 e. The molecule has 8 heteroatoms. The van der Waals surface area contributed by atoms with Crippen LogP contribution in [0.15, 0.2) is 23.4 Å². The van der Waals surface area contributed by atoms with Crippen LogP contribution in [0.2, 0.25) is 0 Å². The molecule has 0 bridgehead atoms. The zero-order valence-corrected chi connectivity index (χ0v) is 20.2. The van der Waals surface area contributed by atoms with Crippen LogP contribution in [0.1, 0.15) is 49.7 Å². The Hall–Kier alpha value is -2.19. The van der Waals surface area contributed by atoms with E-state index >= 15 is 0 Å². The van der Waals surface area contributed by atoms with Crippen LogP contribution >= 0.6 is 11.8 Å². The van der Waals surface area contributed by atoms with Gasteiger partial charge in [0.1, 0.15) is 13.2 Å². The second-order valence-corrected chi connectivity index (χ2v) is 9.73. The maximum atomic E-state index is 12.9. The van der Waals surface area contributed by atoms with Crippen LogP contribution in [0, 0.1) is 19.8 Å². The van der Waals surface area contributed by atoms with Crippen molar-refractivity contribution in [2.45, 2.75) is 64.4 Å². The summed E-state index contributed by atoms with van der Waals surface area (Å²) in [6, 6.07) is 5.81. The summed E-state index contributed by atoms with van der Waals surface area (Å²) in [7, 11) is 0. The SMILES string of the molecule is Cc1nc(SCC(=O)N[C@H](c2ccc3c(c2)OCCO3)C(C)C)n(C[C@@H]2CCCO2)c1C. The number of thioether (sulfide) groups is 1. The van der Waals surface area contributed by atoms with Gasteiger partial charge < -0.3 is 24.1 Å². The Labute approximate surface area is 194 Å². The zero-order valence-electron chi connectivity index (χ0n) is 19.3. The van der Waals surface area contributed by atoms with Gasteiger partial charge in [-0.1, -0.05) is 31.7 Å². The fraction of sp³-hybridized carbons (Fsp3) is 0.583. The minimum Gasteiger partial charge on any atom is -0.486 e. The van der Waals surface area contributed by atoms with Crippen LogP contribution in [-0.4, -0.2) is 47.1 Å². The van der Waals surface area contributed by atoms with Crippen LogP contribution < -0.4 is 14.8 Å². The fourth-order valence-electron chi connectivity index (χ4n) is 4.17. The molecule has 3 heterocycles. The van der Waals surface area contributed by atoms with Gasteiger partial charge in [0.15, 0.2) is 16.7 Å². The molecule has 174 valence electrons. The monoisotopic (exact) mass is 459 g/mol. The number of rotatable bonds is 8. The summed E-state index contributed by atoms with van der Waals surface area (Å²) < 4.78 is 19.4. The molecule has 0 radical (unpaired) electrons. The molecular formula is C24H33N3O4S. The second-order valence-electron chi connectivity index (χ2n) is 8.79. The van der Waals surface area contributed by atoms with Crippen LogP contribution in [0.3, 0.4) is 0 Å².